The van der Waals surface area contributed by atoms with Gasteiger partial charge in [-0.3, -0.25) is 14.3 Å². The van der Waals surface area contributed by atoms with E-state index in [0.29, 0.717) is 22.0 Å². The van der Waals surface area contributed by atoms with Crippen molar-refractivity contribution in [3.63, 3.8) is 0 Å². The molecule has 2 aromatic carbocycles. The van der Waals surface area contributed by atoms with Crippen molar-refractivity contribution in [1.82, 2.24) is 30.2 Å². The number of amides is 2. The third kappa shape index (κ3) is 5.07. The van der Waals surface area contributed by atoms with E-state index in [0.717, 1.165) is 36.6 Å². The lowest BCUT2D eigenvalue weighted by atomic mass is 10.0. The fourth-order valence-corrected chi connectivity index (χ4v) is 5.16. The molecular weight excluding hydrogens is 514 g/mol. The summed E-state index contributed by atoms with van der Waals surface area (Å²) < 4.78 is 3.29. The molecular formula is C29H32ClN7O2. The molecule has 2 aliphatic rings. The molecule has 4 heterocycles. The highest BCUT2D eigenvalue weighted by atomic mass is 35.5. The largest absolute Gasteiger partial charge is 0.345 e. The Morgan fingerprint density at radius 3 is 2.64 bits per heavy atom. The number of fused-ring (bicyclic) bond motifs is 2. The van der Waals surface area contributed by atoms with Gasteiger partial charge in [0, 0.05) is 35.6 Å². The molecule has 2 aliphatic heterocycles. The zero-order chi connectivity index (χ0) is 27.7. The first-order valence-corrected chi connectivity index (χ1v) is 13.6. The second-order valence-corrected chi connectivity index (χ2v) is 9.86. The summed E-state index contributed by atoms with van der Waals surface area (Å²) >= 11 is 6.25. The summed E-state index contributed by atoms with van der Waals surface area (Å²) in [4.78, 5) is 28.8. The highest BCUT2D eigenvalue weighted by Gasteiger charge is 2.38. The van der Waals surface area contributed by atoms with Crippen LogP contribution >= 0.6 is 11.6 Å². The Hall–Kier alpha value is -3.95. The molecule has 2 N–H and O–H groups in total. The normalized spacial score (nSPS) is 14.0. The number of halogens is 1. The van der Waals surface area contributed by atoms with Crippen molar-refractivity contribution >= 4 is 29.1 Å². The Balaban J connectivity index is 0.00000151. The van der Waals surface area contributed by atoms with E-state index in [1.165, 1.54) is 15.8 Å². The van der Waals surface area contributed by atoms with Gasteiger partial charge in [-0.2, -0.15) is 10.2 Å². The Morgan fingerprint density at radius 2 is 1.90 bits per heavy atom. The highest BCUT2D eigenvalue weighted by Crippen LogP contribution is 2.34. The summed E-state index contributed by atoms with van der Waals surface area (Å²) in [7, 11) is 1.86. The summed E-state index contributed by atoms with van der Waals surface area (Å²) in [6.07, 6.45) is 0.966. The van der Waals surface area contributed by atoms with Crippen LogP contribution < -0.4 is 15.5 Å². The molecule has 2 amide bonds. The number of rotatable bonds is 5. The molecule has 0 unspecified atom stereocenters. The zero-order valence-corrected chi connectivity index (χ0v) is 23.3. The Morgan fingerprint density at radius 1 is 1.08 bits per heavy atom. The second kappa shape index (κ2) is 11.0. The molecule has 0 atom stereocenters. The van der Waals surface area contributed by atoms with E-state index in [4.69, 9.17) is 11.6 Å². The predicted molar refractivity (Wildman–Crippen MR) is 151 cm³/mol. The fraction of sp³-hybridized carbons (Fsp3) is 0.310. The summed E-state index contributed by atoms with van der Waals surface area (Å²) in [6, 6.07) is 15.2. The lowest BCUT2D eigenvalue weighted by molar-refractivity contribution is 0.0941. The van der Waals surface area contributed by atoms with Crippen molar-refractivity contribution in [3.8, 4) is 5.69 Å². The molecule has 0 radical (unpaired) electrons. The van der Waals surface area contributed by atoms with Gasteiger partial charge in [-0.05, 0) is 67.4 Å². The molecule has 6 rings (SSSR count). The molecule has 2 aromatic heterocycles. The number of hydrogen-bond donors (Lipinski definition) is 2. The van der Waals surface area contributed by atoms with Gasteiger partial charge in [0.15, 0.2) is 5.69 Å². The smallest absolute Gasteiger partial charge is 0.277 e. The molecule has 0 fully saturated rings. The quantitative estimate of drug-likeness (QED) is 0.389. The number of anilines is 1. The summed E-state index contributed by atoms with van der Waals surface area (Å²) in [6.45, 7) is 8.19. The van der Waals surface area contributed by atoms with Gasteiger partial charge >= 0.3 is 0 Å². The van der Waals surface area contributed by atoms with Gasteiger partial charge < -0.3 is 15.5 Å². The average Bonchev–Trinajstić information content (AvgIpc) is 3.60. The van der Waals surface area contributed by atoms with E-state index < -0.39 is 0 Å². The van der Waals surface area contributed by atoms with Gasteiger partial charge in [0.1, 0.15) is 5.69 Å². The number of aryl methyl sites for hydroxylation is 2. The van der Waals surface area contributed by atoms with Gasteiger partial charge in [-0.15, -0.1) is 0 Å². The maximum Gasteiger partial charge on any atom is 0.277 e. The molecule has 10 heteroatoms. The first kappa shape index (κ1) is 26.6. The molecule has 0 aliphatic carbocycles. The second-order valence-electron chi connectivity index (χ2n) is 9.42. The van der Waals surface area contributed by atoms with Gasteiger partial charge in [0.2, 0.25) is 0 Å². The monoisotopic (exact) mass is 545 g/mol. The number of nitrogens with one attached hydrogen (secondary N) is 2. The van der Waals surface area contributed by atoms with Crippen molar-refractivity contribution in [1.29, 1.82) is 0 Å². The molecule has 0 saturated carbocycles. The van der Waals surface area contributed by atoms with Crippen LogP contribution in [0, 0.1) is 6.92 Å². The first-order chi connectivity index (χ1) is 18.9. The van der Waals surface area contributed by atoms with Crippen LogP contribution in [0.5, 0.6) is 0 Å². The van der Waals surface area contributed by atoms with E-state index in [1.807, 2.05) is 46.0 Å². The van der Waals surface area contributed by atoms with Crippen molar-refractivity contribution in [2.24, 2.45) is 7.05 Å². The lowest BCUT2D eigenvalue weighted by Gasteiger charge is -2.22. The van der Waals surface area contributed by atoms with Gasteiger partial charge in [-0.25, -0.2) is 4.68 Å². The molecule has 202 valence electrons. The van der Waals surface area contributed by atoms with Crippen LogP contribution in [0.15, 0.2) is 48.5 Å². The number of hydrogen-bond acceptors (Lipinski definition) is 5. The van der Waals surface area contributed by atoms with Crippen LogP contribution in [0.2, 0.25) is 5.02 Å². The van der Waals surface area contributed by atoms with Crippen molar-refractivity contribution in [2.75, 3.05) is 11.4 Å². The van der Waals surface area contributed by atoms with Gasteiger partial charge in [0.25, 0.3) is 11.8 Å². The number of carbonyl (C=O) groups excluding carboxylic acids is 2. The Bertz CT molecular complexity index is 1540. The number of nitrogens with zero attached hydrogens (tertiary/aromatic N) is 5. The van der Waals surface area contributed by atoms with Crippen LogP contribution in [-0.2, 0) is 33.1 Å². The minimum absolute atomic E-state index is 0.203. The number of benzene rings is 2. The lowest BCUT2D eigenvalue weighted by Crippen LogP contribution is -2.29. The van der Waals surface area contributed by atoms with Gasteiger partial charge in [-0.1, -0.05) is 37.6 Å². The average molecular weight is 546 g/mol. The van der Waals surface area contributed by atoms with E-state index in [9.17, 15) is 9.59 Å². The Kier molecular flexibility index (Phi) is 7.54. The van der Waals surface area contributed by atoms with Crippen molar-refractivity contribution in [3.05, 3.63) is 93.0 Å². The molecule has 39 heavy (non-hydrogen) atoms. The SMILES string of the molecule is CC.Cc1cc(CNC(=O)c2nn(-c3cccc(Cl)c3)c3c2CN(c2ccc4c(c2)CNCC4)C3=O)nn1C. The first-order valence-electron chi connectivity index (χ1n) is 13.2. The summed E-state index contributed by atoms with van der Waals surface area (Å²) in [5, 5.41) is 15.8. The molecule has 4 aromatic rings. The highest BCUT2D eigenvalue weighted by molar-refractivity contribution is 6.30. The van der Waals surface area contributed by atoms with Crippen LogP contribution in [0.3, 0.4) is 0 Å². The molecule has 0 spiro atoms. The van der Waals surface area contributed by atoms with E-state index >= 15 is 0 Å². The minimum Gasteiger partial charge on any atom is -0.345 e. The maximum absolute atomic E-state index is 13.8. The van der Waals surface area contributed by atoms with Crippen LogP contribution in [0.1, 0.15) is 62.9 Å². The van der Waals surface area contributed by atoms with E-state index in [-0.39, 0.29) is 30.6 Å². The zero-order valence-electron chi connectivity index (χ0n) is 22.6. The van der Waals surface area contributed by atoms with Crippen molar-refractivity contribution < 1.29 is 9.59 Å². The van der Waals surface area contributed by atoms with E-state index in [1.54, 1.807) is 27.8 Å². The maximum atomic E-state index is 13.8. The predicted octanol–water partition coefficient (Wildman–Crippen LogP) is 4.33. The fourth-order valence-electron chi connectivity index (χ4n) is 4.97. The molecule has 9 nitrogen and oxygen atoms in total. The topological polar surface area (TPSA) is 97.1 Å². The van der Waals surface area contributed by atoms with Crippen LogP contribution in [0.25, 0.3) is 5.69 Å². The standard InChI is InChI=1S/C27H26ClN7O2.C2H6/c1-16-10-20(31-33(16)2)14-30-26(36)24-23-15-34(21-7-6-17-8-9-29-13-18(17)11-21)27(37)25(23)35(32-24)22-5-3-4-19(28)12-22;1-2/h3-7,10-12,29H,8-9,13-15H2,1-2H3,(H,30,36);1-2H3. The Labute approximate surface area is 232 Å². The minimum atomic E-state index is -0.357. The van der Waals surface area contributed by atoms with Crippen molar-refractivity contribution in [2.45, 2.75) is 46.8 Å². The third-order valence-corrected chi connectivity index (χ3v) is 7.23. The summed E-state index contributed by atoms with van der Waals surface area (Å²) in [5.41, 5.74) is 6.83. The van der Waals surface area contributed by atoms with E-state index in [2.05, 4.69) is 33.0 Å². The van der Waals surface area contributed by atoms with Crippen LogP contribution in [0.4, 0.5) is 5.69 Å². The molecule has 0 bridgehead atoms. The van der Waals surface area contributed by atoms with Crippen LogP contribution in [-0.4, -0.2) is 37.9 Å². The molecule has 0 saturated heterocycles. The number of carbonyl (C=O) groups is 2. The van der Waals surface area contributed by atoms with Gasteiger partial charge in [0.05, 0.1) is 24.5 Å². The third-order valence-electron chi connectivity index (χ3n) is 7.00. The summed E-state index contributed by atoms with van der Waals surface area (Å²) in [5.74, 6) is -0.560. The number of aromatic nitrogens is 4.